The highest BCUT2D eigenvalue weighted by Crippen LogP contribution is 2.02. The van der Waals surface area contributed by atoms with Crippen LogP contribution in [0.4, 0.5) is 0 Å². The number of hydrogen-bond donors (Lipinski definition) is 1. The molecule has 0 aliphatic carbocycles. The van der Waals surface area contributed by atoms with Crippen LogP contribution in [0.2, 0.25) is 0 Å². The van der Waals surface area contributed by atoms with Crippen LogP contribution in [0.5, 0.6) is 0 Å². The first-order chi connectivity index (χ1) is 6.24. The highest BCUT2D eigenvalue weighted by molar-refractivity contribution is 5.76. The Morgan fingerprint density at radius 2 is 2.54 bits per heavy atom. The van der Waals surface area contributed by atoms with E-state index in [1.807, 2.05) is 4.90 Å². The van der Waals surface area contributed by atoms with Gasteiger partial charge in [-0.25, -0.2) is 0 Å². The van der Waals surface area contributed by atoms with Gasteiger partial charge in [-0.15, -0.1) is 12.3 Å². The number of carbonyl (C=O) groups is 1. The maximum absolute atomic E-state index is 11.5. The van der Waals surface area contributed by atoms with Gasteiger partial charge in [-0.2, -0.15) is 0 Å². The molecule has 0 saturated carbocycles. The second kappa shape index (κ2) is 4.88. The Balaban J connectivity index is 2.33. The summed E-state index contributed by atoms with van der Waals surface area (Å²) in [4.78, 5) is 13.4. The molecule has 1 aliphatic heterocycles. The second-order valence-electron chi connectivity index (χ2n) is 3.40. The molecule has 1 heterocycles. The molecule has 0 spiro atoms. The number of hydrogen-bond acceptors (Lipinski definition) is 2. The molecule has 1 aliphatic rings. The van der Waals surface area contributed by atoms with Gasteiger partial charge in [0.15, 0.2) is 0 Å². The predicted octanol–water partition coefficient (Wildman–Crippen LogP) is 0.220. The number of nitrogens with zero attached hydrogens (tertiary/aromatic N) is 1. The summed E-state index contributed by atoms with van der Waals surface area (Å²) in [5.41, 5.74) is 0. The van der Waals surface area contributed by atoms with E-state index in [1.165, 1.54) is 0 Å². The zero-order valence-corrected chi connectivity index (χ0v) is 8.05. The lowest BCUT2D eigenvalue weighted by atomic mass is 10.2. The fourth-order valence-electron chi connectivity index (χ4n) is 1.50. The zero-order valence-electron chi connectivity index (χ0n) is 8.05. The van der Waals surface area contributed by atoms with Crippen LogP contribution in [0, 0.1) is 12.3 Å². The van der Waals surface area contributed by atoms with Gasteiger partial charge in [0.1, 0.15) is 0 Å². The molecule has 0 aromatic rings. The maximum atomic E-state index is 11.5. The molecule has 1 rings (SSSR count). The van der Waals surface area contributed by atoms with E-state index < -0.39 is 0 Å². The summed E-state index contributed by atoms with van der Waals surface area (Å²) in [6.45, 7) is 4.60. The Morgan fingerprint density at radius 3 is 3.15 bits per heavy atom. The van der Waals surface area contributed by atoms with Gasteiger partial charge in [-0.05, 0) is 6.92 Å². The molecular weight excluding hydrogens is 164 g/mol. The smallest absolute Gasteiger partial charge is 0.223 e. The van der Waals surface area contributed by atoms with Crippen LogP contribution in [-0.4, -0.2) is 36.5 Å². The first-order valence-electron chi connectivity index (χ1n) is 4.68. The van der Waals surface area contributed by atoms with Gasteiger partial charge in [0.05, 0.1) is 0 Å². The first kappa shape index (κ1) is 10.1. The van der Waals surface area contributed by atoms with Crippen molar-refractivity contribution in [1.29, 1.82) is 0 Å². The molecule has 1 saturated heterocycles. The largest absolute Gasteiger partial charge is 0.340 e. The van der Waals surface area contributed by atoms with Crippen molar-refractivity contribution in [1.82, 2.24) is 10.2 Å². The standard InChI is InChI=1S/C10H16N2O/c1-3-4-5-10(13)12-7-6-11-9(2)8-12/h1,9,11H,4-8H2,2H3/t9-/m1/s1. The predicted molar refractivity (Wildman–Crippen MR) is 52.1 cm³/mol. The van der Waals surface area contributed by atoms with E-state index in [0.29, 0.717) is 18.9 Å². The Morgan fingerprint density at radius 1 is 1.77 bits per heavy atom. The number of carbonyl (C=O) groups excluding carboxylic acids is 1. The van der Waals surface area contributed by atoms with Crippen LogP contribution in [0.3, 0.4) is 0 Å². The van der Waals surface area contributed by atoms with E-state index in [4.69, 9.17) is 6.42 Å². The van der Waals surface area contributed by atoms with E-state index >= 15 is 0 Å². The van der Waals surface area contributed by atoms with Crippen molar-refractivity contribution in [2.45, 2.75) is 25.8 Å². The molecular formula is C10H16N2O. The third-order valence-electron chi connectivity index (χ3n) is 2.20. The van der Waals surface area contributed by atoms with Crippen molar-refractivity contribution in [3.05, 3.63) is 0 Å². The highest BCUT2D eigenvalue weighted by Gasteiger charge is 2.19. The third-order valence-corrected chi connectivity index (χ3v) is 2.20. The van der Waals surface area contributed by atoms with Crippen molar-refractivity contribution < 1.29 is 4.79 Å². The summed E-state index contributed by atoms with van der Waals surface area (Å²) in [5, 5.41) is 3.29. The minimum absolute atomic E-state index is 0.186. The lowest BCUT2D eigenvalue weighted by Crippen LogP contribution is -2.51. The van der Waals surface area contributed by atoms with E-state index in [-0.39, 0.29) is 5.91 Å². The van der Waals surface area contributed by atoms with E-state index in [9.17, 15) is 4.79 Å². The Bertz CT molecular complexity index is 219. The molecule has 1 N–H and O–H groups in total. The van der Waals surface area contributed by atoms with Crippen molar-refractivity contribution in [3.63, 3.8) is 0 Å². The number of amides is 1. The molecule has 0 aromatic carbocycles. The van der Waals surface area contributed by atoms with Crippen LogP contribution in [-0.2, 0) is 4.79 Å². The van der Waals surface area contributed by atoms with Gasteiger partial charge in [-0.3, -0.25) is 4.79 Å². The SMILES string of the molecule is C#CCCC(=O)N1CCN[C@H](C)C1. The van der Waals surface area contributed by atoms with Crippen LogP contribution in [0.15, 0.2) is 0 Å². The van der Waals surface area contributed by atoms with Crippen molar-refractivity contribution >= 4 is 5.91 Å². The summed E-state index contributed by atoms with van der Waals surface area (Å²) in [6.07, 6.45) is 6.14. The quantitative estimate of drug-likeness (QED) is 0.617. The van der Waals surface area contributed by atoms with Gasteiger partial charge in [0.2, 0.25) is 5.91 Å². The van der Waals surface area contributed by atoms with Gasteiger partial charge in [-0.1, -0.05) is 0 Å². The van der Waals surface area contributed by atoms with Crippen LogP contribution >= 0.6 is 0 Å². The normalized spacial score (nSPS) is 22.5. The Hall–Kier alpha value is -1.01. The molecule has 72 valence electrons. The summed E-state index contributed by atoms with van der Waals surface area (Å²) >= 11 is 0. The van der Waals surface area contributed by atoms with Crippen molar-refractivity contribution in [2.75, 3.05) is 19.6 Å². The third kappa shape index (κ3) is 3.08. The van der Waals surface area contributed by atoms with E-state index in [2.05, 4.69) is 18.2 Å². The summed E-state index contributed by atoms with van der Waals surface area (Å²) in [5.74, 6) is 2.67. The average Bonchev–Trinajstić information content (AvgIpc) is 2.14. The summed E-state index contributed by atoms with van der Waals surface area (Å²) in [6, 6.07) is 0.406. The summed E-state index contributed by atoms with van der Waals surface area (Å²) in [7, 11) is 0. The van der Waals surface area contributed by atoms with Gasteiger partial charge >= 0.3 is 0 Å². The molecule has 0 bridgehead atoms. The fraction of sp³-hybridized carbons (Fsp3) is 0.700. The fourth-order valence-corrected chi connectivity index (χ4v) is 1.50. The van der Waals surface area contributed by atoms with E-state index in [0.717, 1.165) is 19.6 Å². The number of rotatable bonds is 2. The number of piperazine rings is 1. The topological polar surface area (TPSA) is 32.3 Å². The summed E-state index contributed by atoms with van der Waals surface area (Å²) < 4.78 is 0. The molecule has 1 amide bonds. The molecule has 3 heteroatoms. The van der Waals surface area contributed by atoms with Gasteiger partial charge < -0.3 is 10.2 Å². The monoisotopic (exact) mass is 180 g/mol. The Kier molecular flexibility index (Phi) is 3.78. The van der Waals surface area contributed by atoms with Crippen LogP contribution in [0.25, 0.3) is 0 Å². The molecule has 1 fully saturated rings. The van der Waals surface area contributed by atoms with E-state index in [1.54, 1.807) is 0 Å². The molecule has 0 aromatic heterocycles. The van der Waals surface area contributed by atoms with Gasteiger partial charge in [0.25, 0.3) is 0 Å². The molecule has 0 unspecified atom stereocenters. The minimum Gasteiger partial charge on any atom is -0.340 e. The highest BCUT2D eigenvalue weighted by atomic mass is 16.2. The Labute approximate surface area is 79.5 Å². The first-order valence-corrected chi connectivity index (χ1v) is 4.68. The molecule has 1 atom stereocenters. The molecule has 0 radical (unpaired) electrons. The van der Waals surface area contributed by atoms with Gasteiger partial charge in [0, 0.05) is 38.5 Å². The number of nitrogens with one attached hydrogen (secondary N) is 1. The average molecular weight is 180 g/mol. The van der Waals surface area contributed by atoms with Crippen LogP contribution < -0.4 is 5.32 Å². The lowest BCUT2D eigenvalue weighted by molar-refractivity contribution is -0.132. The number of terminal acetylenes is 1. The molecule has 3 nitrogen and oxygen atoms in total. The zero-order chi connectivity index (χ0) is 9.68. The maximum Gasteiger partial charge on any atom is 0.223 e. The minimum atomic E-state index is 0.186. The van der Waals surface area contributed by atoms with Crippen LogP contribution in [0.1, 0.15) is 19.8 Å². The lowest BCUT2D eigenvalue weighted by Gasteiger charge is -2.31. The second-order valence-corrected chi connectivity index (χ2v) is 3.40. The van der Waals surface area contributed by atoms with Crippen molar-refractivity contribution in [3.8, 4) is 12.3 Å². The molecule has 13 heavy (non-hydrogen) atoms. The van der Waals surface area contributed by atoms with Crippen molar-refractivity contribution in [2.24, 2.45) is 0 Å².